The van der Waals surface area contributed by atoms with Gasteiger partial charge in [-0.3, -0.25) is 0 Å². The summed E-state index contributed by atoms with van der Waals surface area (Å²) in [6, 6.07) is 8.13. The molecular weight excluding hydrogens is 318 g/mol. The number of anilines is 1. The van der Waals surface area contributed by atoms with Crippen LogP contribution in [0.4, 0.5) is 10.5 Å². The lowest BCUT2D eigenvalue weighted by molar-refractivity contribution is -0.0545. The Labute approximate surface area is 150 Å². The Morgan fingerprint density at radius 3 is 2.68 bits per heavy atom. The molecule has 1 aromatic carbocycles. The first kappa shape index (κ1) is 17.9. The van der Waals surface area contributed by atoms with E-state index in [1.165, 1.54) is 0 Å². The number of amides is 2. The van der Waals surface area contributed by atoms with Gasteiger partial charge in [0.15, 0.2) is 0 Å². The van der Waals surface area contributed by atoms with E-state index in [1.54, 1.807) is 7.11 Å². The highest BCUT2D eigenvalue weighted by Gasteiger charge is 2.28. The Balaban J connectivity index is 1.49. The highest BCUT2D eigenvalue weighted by Crippen LogP contribution is 2.31. The first-order chi connectivity index (χ1) is 12.1. The van der Waals surface area contributed by atoms with Gasteiger partial charge in [0.25, 0.3) is 0 Å². The van der Waals surface area contributed by atoms with Gasteiger partial charge in [-0.25, -0.2) is 4.79 Å². The van der Waals surface area contributed by atoms with Crippen LogP contribution in [0.15, 0.2) is 24.3 Å². The molecule has 0 radical (unpaired) electrons. The molecule has 3 rings (SSSR count). The number of carbonyl (C=O) groups excluding carboxylic acids is 1. The second-order valence-corrected chi connectivity index (χ2v) is 7.12. The fraction of sp³-hybridized carbons (Fsp3) is 0.632. The summed E-state index contributed by atoms with van der Waals surface area (Å²) in [5, 5.41) is 3.11. The number of methoxy groups -OCH3 is 1. The summed E-state index contributed by atoms with van der Waals surface area (Å²) in [4.78, 5) is 16.6. The van der Waals surface area contributed by atoms with Gasteiger partial charge in [0.2, 0.25) is 0 Å². The van der Waals surface area contributed by atoms with Crippen LogP contribution in [-0.4, -0.2) is 63.0 Å². The van der Waals surface area contributed by atoms with Gasteiger partial charge in [0, 0.05) is 32.7 Å². The standard InChI is InChI=1S/C19H29N3O3/c1-14-11-22(12-15(2)25-14)19(23)20-10-16-8-9-21(13-16)17-6-4-5-7-18(17)24-3/h4-7,14-16H,8-13H2,1-3H3,(H,20,23)/t14-,15+,16-/m0/s1. The maximum Gasteiger partial charge on any atom is 0.317 e. The first-order valence-electron chi connectivity index (χ1n) is 9.13. The van der Waals surface area contributed by atoms with Crippen molar-refractivity contribution in [2.45, 2.75) is 32.5 Å². The molecule has 6 heteroatoms. The number of nitrogens with one attached hydrogen (secondary N) is 1. The van der Waals surface area contributed by atoms with Crippen LogP contribution < -0.4 is 15.0 Å². The lowest BCUT2D eigenvalue weighted by Crippen LogP contribution is -2.52. The number of hydrogen-bond acceptors (Lipinski definition) is 4. The van der Waals surface area contributed by atoms with Gasteiger partial charge in [0.1, 0.15) is 5.75 Å². The zero-order valence-corrected chi connectivity index (χ0v) is 15.4. The van der Waals surface area contributed by atoms with Crippen LogP contribution in [0.3, 0.4) is 0 Å². The van der Waals surface area contributed by atoms with Crippen molar-refractivity contribution in [3.05, 3.63) is 24.3 Å². The third-order valence-electron chi connectivity index (χ3n) is 4.96. The normalized spacial score (nSPS) is 26.6. The Morgan fingerprint density at radius 2 is 1.96 bits per heavy atom. The number of hydrogen-bond donors (Lipinski definition) is 1. The minimum Gasteiger partial charge on any atom is -0.495 e. The summed E-state index contributed by atoms with van der Waals surface area (Å²) in [5.74, 6) is 1.37. The summed E-state index contributed by atoms with van der Waals surface area (Å²) >= 11 is 0. The number of nitrogens with zero attached hydrogens (tertiary/aromatic N) is 2. The zero-order valence-electron chi connectivity index (χ0n) is 15.4. The SMILES string of the molecule is COc1ccccc1N1CC[C@@H](CNC(=O)N2C[C@@H](C)O[C@@H](C)C2)C1. The molecule has 6 nitrogen and oxygen atoms in total. The van der Waals surface area contributed by atoms with Gasteiger partial charge in [-0.15, -0.1) is 0 Å². The molecule has 25 heavy (non-hydrogen) atoms. The molecule has 3 atom stereocenters. The maximum absolute atomic E-state index is 12.4. The van der Waals surface area contributed by atoms with Gasteiger partial charge in [-0.05, 0) is 38.3 Å². The molecule has 2 amide bonds. The van der Waals surface area contributed by atoms with Crippen LogP contribution in [-0.2, 0) is 4.74 Å². The largest absolute Gasteiger partial charge is 0.495 e. The molecule has 0 unspecified atom stereocenters. The second-order valence-electron chi connectivity index (χ2n) is 7.12. The van der Waals surface area contributed by atoms with E-state index in [1.807, 2.05) is 36.9 Å². The highest BCUT2D eigenvalue weighted by atomic mass is 16.5. The third-order valence-corrected chi connectivity index (χ3v) is 4.96. The van der Waals surface area contributed by atoms with Gasteiger partial charge in [-0.2, -0.15) is 0 Å². The number of benzene rings is 1. The summed E-state index contributed by atoms with van der Waals surface area (Å²) in [5.41, 5.74) is 1.13. The Kier molecular flexibility index (Phi) is 5.68. The number of ether oxygens (including phenoxy) is 2. The topological polar surface area (TPSA) is 54.0 Å². The zero-order chi connectivity index (χ0) is 17.8. The number of morpholine rings is 1. The first-order valence-corrected chi connectivity index (χ1v) is 9.13. The molecule has 0 aliphatic carbocycles. The average molecular weight is 347 g/mol. The number of urea groups is 1. The van der Waals surface area contributed by atoms with E-state index in [2.05, 4.69) is 16.3 Å². The molecule has 1 N–H and O–H groups in total. The van der Waals surface area contributed by atoms with Crippen molar-refractivity contribution in [2.24, 2.45) is 5.92 Å². The molecule has 138 valence electrons. The van der Waals surface area contributed by atoms with Gasteiger partial charge < -0.3 is 24.6 Å². The highest BCUT2D eigenvalue weighted by molar-refractivity contribution is 5.74. The van der Waals surface area contributed by atoms with Crippen LogP contribution in [0.1, 0.15) is 20.3 Å². The van der Waals surface area contributed by atoms with Crippen molar-refractivity contribution in [1.29, 1.82) is 0 Å². The van der Waals surface area contributed by atoms with Gasteiger partial charge in [-0.1, -0.05) is 12.1 Å². The van der Waals surface area contributed by atoms with Crippen LogP contribution in [0.2, 0.25) is 0 Å². The predicted molar refractivity (Wildman–Crippen MR) is 98.3 cm³/mol. The molecule has 0 bridgehead atoms. The van der Waals surface area contributed by atoms with Crippen molar-refractivity contribution >= 4 is 11.7 Å². The Hall–Kier alpha value is -1.95. The maximum atomic E-state index is 12.4. The molecule has 2 saturated heterocycles. The smallest absolute Gasteiger partial charge is 0.317 e. The molecule has 1 aromatic rings. The molecular formula is C19H29N3O3. The number of para-hydroxylation sites is 2. The van der Waals surface area contributed by atoms with Crippen LogP contribution in [0, 0.1) is 5.92 Å². The second kappa shape index (κ2) is 7.95. The van der Waals surface area contributed by atoms with Crippen LogP contribution in [0.25, 0.3) is 0 Å². The Morgan fingerprint density at radius 1 is 1.24 bits per heavy atom. The van der Waals surface area contributed by atoms with E-state index < -0.39 is 0 Å². The predicted octanol–water partition coefficient (Wildman–Crippen LogP) is 2.34. The fourth-order valence-corrected chi connectivity index (χ4v) is 3.80. The summed E-state index contributed by atoms with van der Waals surface area (Å²) in [6.07, 6.45) is 1.28. The minimum atomic E-state index is 0.0257. The van der Waals surface area contributed by atoms with E-state index in [-0.39, 0.29) is 18.2 Å². The monoisotopic (exact) mass is 347 g/mol. The van der Waals surface area contributed by atoms with E-state index in [9.17, 15) is 4.79 Å². The quantitative estimate of drug-likeness (QED) is 0.908. The summed E-state index contributed by atoms with van der Waals surface area (Å²) < 4.78 is 11.1. The van der Waals surface area contributed by atoms with Crippen molar-refractivity contribution in [2.75, 3.05) is 44.7 Å². The molecule has 0 saturated carbocycles. The van der Waals surface area contributed by atoms with Crippen molar-refractivity contribution in [1.82, 2.24) is 10.2 Å². The average Bonchev–Trinajstić information content (AvgIpc) is 3.07. The summed E-state index contributed by atoms with van der Waals surface area (Å²) in [6.45, 7) is 7.99. The van der Waals surface area contributed by atoms with Crippen LogP contribution >= 0.6 is 0 Å². The van der Waals surface area contributed by atoms with Gasteiger partial charge in [0.05, 0.1) is 25.0 Å². The van der Waals surface area contributed by atoms with E-state index >= 15 is 0 Å². The molecule has 2 aliphatic rings. The molecule has 0 aromatic heterocycles. The Bertz CT molecular complexity index is 585. The number of carbonyl (C=O) groups is 1. The van der Waals surface area contributed by atoms with E-state index in [0.717, 1.165) is 30.9 Å². The van der Waals surface area contributed by atoms with Crippen LogP contribution in [0.5, 0.6) is 5.75 Å². The van der Waals surface area contributed by atoms with Crippen molar-refractivity contribution in [3.63, 3.8) is 0 Å². The molecule has 2 fully saturated rings. The third kappa shape index (κ3) is 4.37. The number of rotatable bonds is 4. The van der Waals surface area contributed by atoms with Crippen molar-refractivity contribution < 1.29 is 14.3 Å². The molecule has 0 spiro atoms. The fourth-order valence-electron chi connectivity index (χ4n) is 3.80. The lowest BCUT2D eigenvalue weighted by atomic mass is 10.1. The summed E-state index contributed by atoms with van der Waals surface area (Å²) in [7, 11) is 1.71. The van der Waals surface area contributed by atoms with Gasteiger partial charge >= 0.3 is 6.03 Å². The molecule has 2 heterocycles. The van der Waals surface area contributed by atoms with E-state index in [0.29, 0.717) is 25.6 Å². The van der Waals surface area contributed by atoms with E-state index in [4.69, 9.17) is 9.47 Å². The minimum absolute atomic E-state index is 0.0257. The molecule has 2 aliphatic heterocycles. The lowest BCUT2D eigenvalue weighted by Gasteiger charge is -2.35. The van der Waals surface area contributed by atoms with Crippen molar-refractivity contribution in [3.8, 4) is 5.75 Å².